The number of amides is 2. The summed E-state index contributed by atoms with van der Waals surface area (Å²) in [6, 6.07) is 9.40. The second-order valence-corrected chi connectivity index (χ2v) is 5.81. The first-order valence-electron chi connectivity index (χ1n) is 8.11. The average Bonchev–Trinajstić information content (AvgIpc) is 3.07. The molecule has 0 unspecified atom stereocenters. The average molecular weight is 349 g/mol. The van der Waals surface area contributed by atoms with E-state index in [4.69, 9.17) is 0 Å². The lowest BCUT2D eigenvalue weighted by Gasteiger charge is -2.13. The van der Waals surface area contributed by atoms with E-state index in [1.165, 1.54) is 12.3 Å². The summed E-state index contributed by atoms with van der Waals surface area (Å²) < 4.78 is 0. The minimum Gasteiger partial charge on any atom is -0.355 e. The Balaban J connectivity index is 1.67. The van der Waals surface area contributed by atoms with Gasteiger partial charge in [-0.2, -0.15) is 0 Å². The number of carbonyl (C=O) groups excluding carboxylic acids is 2. The van der Waals surface area contributed by atoms with Gasteiger partial charge in [0.15, 0.2) is 0 Å². The van der Waals surface area contributed by atoms with Gasteiger partial charge in [0.25, 0.3) is 5.91 Å². The van der Waals surface area contributed by atoms with E-state index < -0.39 is 0 Å². The molecule has 7 nitrogen and oxygen atoms in total. The third-order valence-electron chi connectivity index (χ3n) is 3.87. The number of hydrogen-bond acceptors (Lipinski definition) is 4. The predicted octanol–water partition coefficient (Wildman–Crippen LogP) is 1.99. The number of nitrogens with zero attached hydrogens (tertiary/aromatic N) is 3. The molecule has 0 aliphatic carbocycles. The molecule has 0 aliphatic rings. The highest BCUT2D eigenvalue weighted by atomic mass is 16.2. The van der Waals surface area contributed by atoms with Gasteiger partial charge in [0.1, 0.15) is 5.82 Å². The lowest BCUT2D eigenvalue weighted by molar-refractivity contribution is -0.125. The first kappa shape index (κ1) is 17.3. The van der Waals surface area contributed by atoms with Crippen molar-refractivity contribution in [3.05, 3.63) is 65.8 Å². The van der Waals surface area contributed by atoms with Crippen LogP contribution in [0.25, 0.3) is 17.1 Å². The van der Waals surface area contributed by atoms with Crippen molar-refractivity contribution in [2.24, 2.45) is 0 Å². The lowest BCUT2D eigenvalue weighted by Crippen LogP contribution is -2.24. The molecular formula is C19H19N5O2. The standard InChI is InChI=1S/C19H19N5O2/c1-20-19(26)14-9-13(10-21-11-14)7-8-18(25)24(2)12-17-22-15-5-3-4-6-16(15)23-17/h3-11H,12H2,1-2H3,(H,20,26)(H,22,23)/b8-7+. The molecule has 0 aliphatic heterocycles. The Kier molecular flexibility index (Phi) is 5.07. The molecule has 0 radical (unpaired) electrons. The van der Waals surface area contributed by atoms with Crippen molar-refractivity contribution < 1.29 is 9.59 Å². The molecule has 26 heavy (non-hydrogen) atoms. The van der Waals surface area contributed by atoms with E-state index in [9.17, 15) is 9.59 Å². The normalized spacial score (nSPS) is 11.0. The molecular weight excluding hydrogens is 330 g/mol. The molecule has 0 atom stereocenters. The Morgan fingerprint density at radius 1 is 1.27 bits per heavy atom. The van der Waals surface area contributed by atoms with Crippen LogP contribution in [0.1, 0.15) is 21.7 Å². The number of nitrogens with one attached hydrogen (secondary N) is 2. The molecule has 2 aromatic heterocycles. The number of rotatable bonds is 5. The number of H-pyrrole nitrogens is 1. The zero-order chi connectivity index (χ0) is 18.5. The molecule has 2 heterocycles. The first-order valence-corrected chi connectivity index (χ1v) is 8.11. The number of pyridine rings is 1. The molecule has 2 amide bonds. The van der Waals surface area contributed by atoms with Gasteiger partial charge < -0.3 is 15.2 Å². The summed E-state index contributed by atoms with van der Waals surface area (Å²) in [5.41, 5.74) is 2.93. The van der Waals surface area contributed by atoms with Crippen LogP contribution >= 0.6 is 0 Å². The number of carbonyl (C=O) groups is 2. The van der Waals surface area contributed by atoms with E-state index in [-0.39, 0.29) is 11.8 Å². The molecule has 3 rings (SSSR count). The Morgan fingerprint density at radius 2 is 2.08 bits per heavy atom. The fourth-order valence-electron chi connectivity index (χ4n) is 2.50. The molecule has 3 aromatic rings. The second-order valence-electron chi connectivity index (χ2n) is 5.81. The van der Waals surface area contributed by atoms with Crippen LogP contribution < -0.4 is 5.32 Å². The molecule has 0 saturated carbocycles. The zero-order valence-corrected chi connectivity index (χ0v) is 14.6. The number of imidazole rings is 1. The Labute approximate surface area is 150 Å². The summed E-state index contributed by atoms with van der Waals surface area (Å²) in [5.74, 6) is 0.329. The second kappa shape index (κ2) is 7.60. The lowest BCUT2D eigenvalue weighted by atomic mass is 10.2. The van der Waals surface area contributed by atoms with Crippen molar-refractivity contribution in [2.45, 2.75) is 6.54 Å². The van der Waals surface area contributed by atoms with Gasteiger partial charge in [-0.1, -0.05) is 12.1 Å². The Morgan fingerprint density at radius 3 is 2.85 bits per heavy atom. The van der Waals surface area contributed by atoms with Crippen LogP contribution in [0, 0.1) is 0 Å². The monoisotopic (exact) mass is 349 g/mol. The van der Waals surface area contributed by atoms with Crippen molar-refractivity contribution in [3.63, 3.8) is 0 Å². The quantitative estimate of drug-likeness (QED) is 0.689. The number of fused-ring (bicyclic) bond motifs is 1. The minimum atomic E-state index is -0.221. The topological polar surface area (TPSA) is 91.0 Å². The summed E-state index contributed by atoms with van der Waals surface area (Å²) in [4.78, 5) is 37.2. The third kappa shape index (κ3) is 3.94. The number of likely N-dealkylation sites (N-methyl/N-ethyl adjacent to an activating group) is 1. The molecule has 1 aromatic carbocycles. The van der Waals surface area contributed by atoms with E-state index in [1.807, 2.05) is 24.3 Å². The van der Waals surface area contributed by atoms with E-state index in [2.05, 4.69) is 20.3 Å². The van der Waals surface area contributed by atoms with Gasteiger partial charge in [-0.05, 0) is 29.8 Å². The Hall–Kier alpha value is -3.48. The molecule has 7 heteroatoms. The minimum absolute atomic E-state index is 0.171. The summed E-state index contributed by atoms with van der Waals surface area (Å²) in [6.45, 7) is 0.369. The number of para-hydroxylation sites is 2. The van der Waals surface area contributed by atoms with Gasteiger partial charge in [0.05, 0.1) is 23.1 Å². The van der Waals surface area contributed by atoms with Crippen LogP contribution in [0.4, 0.5) is 0 Å². The molecule has 0 fully saturated rings. The number of aromatic nitrogens is 3. The van der Waals surface area contributed by atoms with Crippen molar-refractivity contribution in [1.29, 1.82) is 0 Å². The third-order valence-corrected chi connectivity index (χ3v) is 3.87. The molecule has 0 saturated heterocycles. The largest absolute Gasteiger partial charge is 0.355 e. The summed E-state index contributed by atoms with van der Waals surface area (Å²) in [7, 11) is 3.26. The van der Waals surface area contributed by atoms with E-state index in [0.717, 1.165) is 16.9 Å². The van der Waals surface area contributed by atoms with Crippen LogP contribution in [0.5, 0.6) is 0 Å². The van der Waals surface area contributed by atoms with Crippen LogP contribution in [0.2, 0.25) is 0 Å². The van der Waals surface area contributed by atoms with Crippen molar-refractivity contribution in [1.82, 2.24) is 25.2 Å². The maximum absolute atomic E-state index is 12.3. The molecule has 132 valence electrons. The van der Waals surface area contributed by atoms with Gasteiger partial charge in [-0.3, -0.25) is 14.6 Å². The van der Waals surface area contributed by atoms with E-state index in [1.54, 1.807) is 37.3 Å². The number of aromatic amines is 1. The summed E-state index contributed by atoms with van der Waals surface area (Å²) in [5, 5.41) is 2.54. The number of hydrogen-bond donors (Lipinski definition) is 2. The Bertz CT molecular complexity index is 944. The van der Waals surface area contributed by atoms with E-state index in [0.29, 0.717) is 17.7 Å². The van der Waals surface area contributed by atoms with E-state index >= 15 is 0 Å². The highest BCUT2D eigenvalue weighted by molar-refractivity contribution is 5.95. The SMILES string of the molecule is CNC(=O)c1cncc(/C=C/C(=O)N(C)Cc2nc3ccccc3[nH]2)c1. The molecule has 2 N–H and O–H groups in total. The van der Waals surface area contributed by atoms with Crippen LogP contribution in [-0.4, -0.2) is 45.8 Å². The van der Waals surface area contributed by atoms with Gasteiger partial charge >= 0.3 is 0 Å². The highest BCUT2D eigenvalue weighted by Crippen LogP contribution is 2.12. The first-order chi connectivity index (χ1) is 12.6. The summed E-state index contributed by atoms with van der Waals surface area (Å²) >= 11 is 0. The van der Waals surface area contributed by atoms with Gasteiger partial charge in [0, 0.05) is 32.6 Å². The smallest absolute Gasteiger partial charge is 0.252 e. The van der Waals surface area contributed by atoms with Gasteiger partial charge in [-0.25, -0.2) is 4.98 Å². The van der Waals surface area contributed by atoms with Gasteiger partial charge in [-0.15, -0.1) is 0 Å². The van der Waals surface area contributed by atoms with Crippen molar-refractivity contribution in [2.75, 3.05) is 14.1 Å². The van der Waals surface area contributed by atoms with Crippen molar-refractivity contribution >= 4 is 28.9 Å². The fraction of sp³-hybridized carbons (Fsp3) is 0.158. The van der Waals surface area contributed by atoms with Crippen LogP contribution in [0.3, 0.4) is 0 Å². The summed E-state index contributed by atoms with van der Waals surface area (Å²) in [6.07, 6.45) is 6.16. The molecule has 0 bridgehead atoms. The molecule has 0 spiro atoms. The maximum Gasteiger partial charge on any atom is 0.252 e. The number of benzene rings is 1. The fourth-order valence-corrected chi connectivity index (χ4v) is 2.50. The van der Waals surface area contributed by atoms with Gasteiger partial charge in [0.2, 0.25) is 5.91 Å². The van der Waals surface area contributed by atoms with Crippen LogP contribution in [0.15, 0.2) is 48.8 Å². The van der Waals surface area contributed by atoms with Crippen LogP contribution in [-0.2, 0) is 11.3 Å². The highest BCUT2D eigenvalue weighted by Gasteiger charge is 2.09. The van der Waals surface area contributed by atoms with Crippen molar-refractivity contribution in [3.8, 4) is 0 Å². The maximum atomic E-state index is 12.3. The zero-order valence-electron chi connectivity index (χ0n) is 14.6. The predicted molar refractivity (Wildman–Crippen MR) is 99.2 cm³/mol.